The van der Waals surface area contributed by atoms with Crippen molar-refractivity contribution >= 4 is 0 Å². The molecular weight excluding hydrogens is 240 g/mol. The molecule has 3 unspecified atom stereocenters. The number of aliphatic hydroxyl groups is 1. The predicted octanol–water partition coefficient (Wildman–Crippen LogP) is 3.12. The van der Waals surface area contributed by atoms with Crippen LogP contribution in [-0.4, -0.2) is 17.3 Å². The maximum absolute atomic E-state index is 9.41. The standard InChI is InChI=1S/C16H18O3/c1-11(17)6-7-16-14-10-19-15-5-3-2-4-13(15)12(14)8-9-18-16/h2-5,8-12,16-17H,6-7H2,1H3. The first-order valence-corrected chi connectivity index (χ1v) is 6.71. The van der Waals surface area contributed by atoms with E-state index in [0.29, 0.717) is 0 Å². The molecule has 3 nitrogen and oxygen atoms in total. The van der Waals surface area contributed by atoms with Crippen LogP contribution in [0.4, 0.5) is 0 Å². The van der Waals surface area contributed by atoms with Crippen molar-refractivity contribution in [3.63, 3.8) is 0 Å². The van der Waals surface area contributed by atoms with Gasteiger partial charge in [0, 0.05) is 17.1 Å². The number of ether oxygens (including phenoxy) is 2. The van der Waals surface area contributed by atoms with Gasteiger partial charge in [0.15, 0.2) is 0 Å². The number of para-hydroxylation sites is 1. The third-order valence-electron chi connectivity index (χ3n) is 3.67. The highest BCUT2D eigenvalue weighted by Crippen LogP contribution is 2.41. The van der Waals surface area contributed by atoms with Gasteiger partial charge in [-0.05, 0) is 31.9 Å². The molecule has 0 amide bonds. The van der Waals surface area contributed by atoms with Crippen molar-refractivity contribution in [2.75, 3.05) is 0 Å². The second-order valence-corrected chi connectivity index (χ2v) is 5.13. The van der Waals surface area contributed by atoms with Crippen molar-refractivity contribution in [1.29, 1.82) is 0 Å². The lowest BCUT2D eigenvalue weighted by Gasteiger charge is -2.32. The summed E-state index contributed by atoms with van der Waals surface area (Å²) >= 11 is 0. The molecule has 2 aliphatic heterocycles. The molecule has 0 radical (unpaired) electrons. The van der Waals surface area contributed by atoms with Crippen LogP contribution < -0.4 is 4.74 Å². The van der Waals surface area contributed by atoms with Crippen molar-refractivity contribution in [1.82, 2.24) is 0 Å². The maximum atomic E-state index is 9.41. The van der Waals surface area contributed by atoms with E-state index in [4.69, 9.17) is 9.47 Å². The van der Waals surface area contributed by atoms with Gasteiger partial charge in [-0.15, -0.1) is 0 Å². The summed E-state index contributed by atoms with van der Waals surface area (Å²) in [7, 11) is 0. The van der Waals surface area contributed by atoms with E-state index in [1.54, 1.807) is 13.2 Å². The van der Waals surface area contributed by atoms with Crippen LogP contribution >= 0.6 is 0 Å². The molecule has 0 bridgehead atoms. The molecule has 2 heterocycles. The second kappa shape index (κ2) is 5.10. The molecule has 1 aromatic rings. The van der Waals surface area contributed by atoms with Crippen molar-refractivity contribution in [3.8, 4) is 5.75 Å². The van der Waals surface area contributed by atoms with Gasteiger partial charge in [-0.25, -0.2) is 0 Å². The molecule has 100 valence electrons. The predicted molar refractivity (Wildman–Crippen MR) is 72.8 cm³/mol. The quantitative estimate of drug-likeness (QED) is 0.905. The highest BCUT2D eigenvalue weighted by Gasteiger charge is 2.31. The molecule has 0 fully saturated rings. The second-order valence-electron chi connectivity index (χ2n) is 5.13. The van der Waals surface area contributed by atoms with Crippen molar-refractivity contribution in [2.45, 2.75) is 37.9 Å². The summed E-state index contributed by atoms with van der Waals surface area (Å²) in [5.41, 5.74) is 2.32. The Morgan fingerprint density at radius 3 is 3.00 bits per heavy atom. The number of hydrogen-bond donors (Lipinski definition) is 1. The van der Waals surface area contributed by atoms with Crippen LogP contribution in [0.3, 0.4) is 0 Å². The molecule has 2 aliphatic rings. The Hall–Kier alpha value is -1.74. The van der Waals surface area contributed by atoms with Crippen molar-refractivity contribution in [3.05, 3.63) is 54.0 Å². The molecule has 1 aromatic carbocycles. The third kappa shape index (κ3) is 2.38. The Morgan fingerprint density at radius 1 is 1.32 bits per heavy atom. The Morgan fingerprint density at radius 2 is 2.16 bits per heavy atom. The number of fused-ring (bicyclic) bond motifs is 3. The van der Waals surface area contributed by atoms with E-state index in [0.717, 1.165) is 24.2 Å². The first-order valence-electron chi connectivity index (χ1n) is 6.71. The van der Waals surface area contributed by atoms with Gasteiger partial charge < -0.3 is 14.6 Å². The monoisotopic (exact) mass is 258 g/mol. The van der Waals surface area contributed by atoms with Crippen LogP contribution in [-0.2, 0) is 4.74 Å². The number of hydrogen-bond acceptors (Lipinski definition) is 3. The van der Waals surface area contributed by atoms with Crippen LogP contribution in [0.25, 0.3) is 0 Å². The fourth-order valence-electron chi connectivity index (χ4n) is 2.64. The van der Waals surface area contributed by atoms with E-state index in [1.165, 1.54) is 5.56 Å². The lowest BCUT2D eigenvalue weighted by Crippen LogP contribution is -2.25. The molecule has 0 aromatic heterocycles. The fraction of sp³-hybridized carbons (Fsp3) is 0.375. The van der Waals surface area contributed by atoms with Gasteiger partial charge in [-0.1, -0.05) is 18.2 Å². The zero-order valence-corrected chi connectivity index (χ0v) is 11.0. The van der Waals surface area contributed by atoms with Gasteiger partial charge in [-0.2, -0.15) is 0 Å². The SMILES string of the molecule is CC(O)CCC1OC=CC2C1=COc1ccccc12. The van der Waals surface area contributed by atoms with Gasteiger partial charge in [0.1, 0.15) is 11.9 Å². The Bertz CT molecular complexity index is 516. The minimum absolute atomic E-state index is 0.00189. The first-order chi connectivity index (χ1) is 9.25. The van der Waals surface area contributed by atoms with E-state index >= 15 is 0 Å². The normalized spacial score (nSPS) is 25.5. The summed E-state index contributed by atoms with van der Waals surface area (Å²) in [5, 5.41) is 9.41. The van der Waals surface area contributed by atoms with E-state index < -0.39 is 0 Å². The molecular formula is C16H18O3. The summed E-state index contributed by atoms with van der Waals surface area (Å²) in [6, 6.07) is 8.08. The third-order valence-corrected chi connectivity index (χ3v) is 3.67. The Labute approximate surface area is 113 Å². The van der Waals surface area contributed by atoms with E-state index in [-0.39, 0.29) is 18.1 Å². The summed E-state index contributed by atoms with van der Waals surface area (Å²) in [6.07, 6.45) is 6.87. The van der Waals surface area contributed by atoms with E-state index in [9.17, 15) is 5.11 Å². The molecule has 19 heavy (non-hydrogen) atoms. The smallest absolute Gasteiger partial charge is 0.130 e. The van der Waals surface area contributed by atoms with Gasteiger partial charge >= 0.3 is 0 Å². The molecule has 0 spiro atoms. The Kier molecular flexibility index (Phi) is 3.30. The number of aliphatic hydroxyl groups excluding tert-OH is 1. The molecule has 0 saturated heterocycles. The van der Waals surface area contributed by atoms with Crippen LogP contribution in [0.1, 0.15) is 31.2 Å². The van der Waals surface area contributed by atoms with Crippen LogP contribution in [0, 0.1) is 0 Å². The minimum atomic E-state index is -0.301. The number of allylic oxidation sites excluding steroid dienone is 1. The van der Waals surface area contributed by atoms with Gasteiger partial charge in [0.25, 0.3) is 0 Å². The van der Waals surface area contributed by atoms with Gasteiger partial charge in [0.05, 0.1) is 18.6 Å². The topological polar surface area (TPSA) is 38.7 Å². The van der Waals surface area contributed by atoms with E-state index in [2.05, 4.69) is 12.1 Å². The highest BCUT2D eigenvalue weighted by atomic mass is 16.5. The zero-order chi connectivity index (χ0) is 13.2. The highest BCUT2D eigenvalue weighted by molar-refractivity contribution is 5.48. The molecule has 3 rings (SSSR count). The molecule has 3 atom stereocenters. The lowest BCUT2D eigenvalue weighted by molar-refractivity contribution is 0.115. The first kappa shape index (κ1) is 12.3. The van der Waals surface area contributed by atoms with Gasteiger partial charge in [-0.3, -0.25) is 0 Å². The van der Waals surface area contributed by atoms with Crippen LogP contribution in [0.15, 0.2) is 48.4 Å². The number of benzene rings is 1. The average Bonchev–Trinajstić information content (AvgIpc) is 2.44. The molecule has 1 N–H and O–H groups in total. The lowest BCUT2D eigenvalue weighted by atomic mass is 9.84. The van der Waals surface area contributed by atoms with Gasteiger partial charge in [0.2, 0.25) is 0 Å². The number of rotatable bonds is 3. The minimum Gasteiger partial charge on any atom is -0.494 e. The van der Waals surface area contributed by atoms with Crippen molar-refractivity contribution < 1.29 is 14.6 Å². The van der Waals surface area contributed by atoms with Crippen LogP contribution in [0.2, 0.25) is 0 Å². The molecule has 0 saturated carbocycles. The molecule has 3 heteroatoms. The Balaban J connectivity index is 1.85. The summed E-state index contributed by atoms with van der Waals surface area (Å²) in [6.45, 7) is 1.80. The zero-order valence-electron chi connectivity index (χ0n) is 11.0. The average molecular weight is 258 g/mol. The summed E-state index contributed by atoms with van der Waals surface area (Å²) in [4.78, 5) is 0. The fourth-order valence-corrected chi connectivity index (χ4v) is 2.64. The molecule has 0 aliphatic carbocycles. The summed E-state index contributed by atoms with van der Waals surface area (Å²) < 4.78 is 11.4. The maximum Gasteiger partial charge on any atom is 0.130 e. The van der Waals surface area contributed by atoms with E-state index in [1.807, 2.05) is 24.5 Å². The summed E-state index contributed by atoms with van der Waals surface area (Å²) in [5.74, 6) is 1.15. The largest absolute Gasteiger partial charge is 0.494 e. The van der Waals surface area contributed by atoms with Crippen LogP contribution in [0.5, 0.6) is 5.75 Å². The van der Waals surface area contributed by atoms with Crippen molar-refractivity contribution in [2.24, 2.45) is 0 Å².